The van der Waals surface area contributed by atoms with Crippen LogP contribution in [0, 0.1) is 0 Å². The van der Waals surface area contributed by atoms with Gasteiger partial charge < -0.3 is 4.74 Å². The fraction of sp³-hybridized carbons (Fsp3) is 0.111. The van der Waals surface area contributed by atoms with E-state index in [2.05, 4.69) is 0 Å². The predicted molar refractivity (Wildman–Crippen MR) is 42.5 cm³/mol. The van der Waals surface area contributed by atoms with Crippen LogP contribution in [-0.4, -0.2) is 6.61 Å². The number of allylic oxidation sites excluding steroid dienone is 6. The largest absolute Gasteiger partial charge is 0.497 e. The quantitative estimate of drug-likeness (QED) is 0.493. The third kappa shape index (κ3) is 2.92. The fourth-order valence-corrected chi connectivity index (χ4v) is 0.603. The smallest absolute Gasteiger partial charge is 0.106 e. The van der Waals surface area contributed by atoms with E-state index in [9.17, 15) is 0 Å². The van der Waals surface area contributed by atoms with Crippen molar-refractivity contribution in [1.29, 1.82) is 0 Å². The molecule has 0 atom stereocenters. The minimum atomic E-state index is 0.648. The number of rotatable bonds is 0. The summed E-state index contributed by atoms with van der Waals surface area (Å²) in [7, 11) is 0. The Kier molecular flexibility index (Phi) is 3.18. The summed E-state index contributed by atoms with van der Waals surface area (Å²) in [6.45, 7) is 0.648. The molecule has 0 aromatic heterocycles. The molecule has 1 rings (SSSR count). The topological polar surface area (TPSA) is 9.23 Å². The summed E-state index contributed by atoms with van der Waals surface area (Å²) in [5, 5.41) is 0. The van der Waals surface area contributed by atoms with Gasteiger partial charge >= 0.3 is 0 Å². The highest BCUT2D eigenvalue weighted by Gasteiger charge is 1.72. The van der Waals surface area contributed by atoms with E-state index >= 15 is 0 Å². The molecule has 1 nitrogen and oxygen atoms in total. The Labute approximate surface area is 61.0 Å². The van der Waals surface area contributed by atoms with Crippen LogP contribution >= 0.6 is 0 Å². The lowest BCUT2D eigenvalue weighted by Crippen LogP contribution is -1.79. The zero-order valence-corrected chi connectivity index (χ0v) is 5.73. The van der Waals surface area contributed by atoms with E-state index in [1.165, 1.54) is 0 Å². The highest BCUT2D eigenvalue weighted by molar-refractivity contribution is 5.15. The lowest BCUT2D eigenvalue weighted by atomic mass is 10.4. The van der Waals surface area contributed by atoms with Crippen LogP contribution in [0.15, 0.2) is 48.8 Å². The fourth-order valence-electron chi connectivity index (χ4n) is 0.603. The van der Waals surface area contributed by atoms with Crippen molar-refractivity contribution in [3.8, 4) is 0 Å². The van der Waals surface area contributed by atoms with Crippen molar-refractivity contribution in [3.05, 3.63) is 48.8 Å². The van der Waals surface area contributed by atoms with E-state index in [1.54, 1.807) is 6.26 Å². The average molecular weight is 134 g/mol. The van der Waals surface area contributed by atoms with Gasteiger partial charge in [0.1, 0.15) is 6.61 Å². The van der Waals surface area contributed by atoms with Crippen LogP contribution in [0.4, 0.5) is 0 Å². The molecule has 0 saturated carbocycles. The lowest BCUT2D eigenvalue weighted by molar-refractivity contribution is 0.290. The van der Waals surface area contributed by atoms with Gasteiger partial charge in [0, 0.05) is 0 Å². The van der Waals surface area contributed by atoms with Crippen LogP contribution in [-0.2, 0) is 4.74 Å². The van der Waals surface area contributed by atoms with Gasteiger partial charge in [0.05, 0.1) is 6.26 Å². The molecule has 1 heteroatoms. The number of ether oxygens (including phenoxy) is 1. The maximum atomic E-state index is 5.06. The Balaban J connectivity index is 2.53. The van der Waals surface area contributed by atoms with E-state index < -0.39 is 0 Å². The second-order valence-corrected chi connectivity index (χ2v) is 1.86. The van der Waals surface area contributed by atoms with Gasteiger partial charge in [-0.05, 0) is 12.2 Å². The van der Waals surface area contributed by atoms with E-state index in [0.717, 1.165) is 0 Å². The first kappa shape index (κ1) is 6.87. The second-order valence-electron chi connectivity index (χ2n) is 1.86. The van der Waals surface area contributed by atoms with Crippen molar-refractivity contribution < 1.29 is 4.74 Å². The maximum Gasteiger partial charge on any atom is 0.106 e. The van der Waals surface area contributed by atoms with Crippen molar-refractivity contribution in [1.82, 2.24) is 0 Å². The molecular formula is C9H10O. The highest BCUT2D eigenvalue weighted by atomic mass is 16.5. The summed E-state index contributed by atoms with van der Waals surface area (Å²) >= 11 is 0. The van der Waals surface area contributed by atoms with Gasteiger partial charge in [0.25, 0.3) is 0 Å². The molecule has 0 amide bonds. The standard InChI is InChI=1S/C9H10O/c1-2-4-6-8-10-9-7-5-3-1/h1-8H,9H2/b3-1-,4-2-,7-5-,8-6-. The summed E-state index contributed by atoms with van der Waals surface area (Å²) in [4.78, 5) is 0. The monoisotopic (exact) mass is 134 g/mol. The maximum absolute atomic E-state index is 5.06. The molecule has 0 fully saturated rings. The van der Waals surface area contributed by atoms with Gasteiger partial charge in [-0.1, -0.05) is 30.4 Å². The van der Waals surface area contributed by atoms with E-state index in [1.807, 2.05) is 42.5 Å². The van der Waals surface area contributed by atoms with E-state index in [0.29, 0.717) is 6.61 Å². The van der Waals surface area contributed by atoms with Crippen LogP contribution < -0.4 is 0 Å². The molecule has 0 radical (unpaired) electrons. The van der Waals surface area contributed by atoms with Crippen LogP contribution in [0.3, 0.4) is 0 Å². The summed E-state index contributed by atoms with van der Waals surface area (Å²) in [5.74, 6) is 0. The van der Waals surface area contributed by atoms with Crippen molar-refractivity contribution in [2.75, 3.05) is 6.61 Å². The Morgan fingerprint density at radius 3 is 2.40 bits per heavy atom. The normalized spacial score (nSPS) is 29.6. The van der Waals surface area contributed by atoms with Gasteiger partial charge in [-0.3, -0.25) is 0 Å². The molecule has 52 valence electrons. The Hall–Kier alpha value is -1.24. The van der Waals surface area contributed by atoms with E-state index in [4.69, 9.17) is 4.74 Å². The first-order valence-electron chi connectivity index (χ1n) is 3.27. The zero-order valence-electron chi connectivity index (χ0n) is 5.73. The van der Waals surface area contributed by atoms with Crippen molar-refractivity contribution in [2.45, 2.75) is 0 Å². The van der Waals surface area contributed by atoms with Gasteiger partial charge in [-0.25, -0.2) is 0 Å². The molecule has 10 heavy (non-hydrogen) atoms. The Bertz CT molecular complexity index is 163. The Morgan fingerprint density at radius 2 is 1.50 bits per heavy atom. The molecule has 0 N–H and O–H groups in total. The molecular weight excluding hydrogens is 124 g/mol. The minimum Gasteiger partial charge on any atom is -0.497 e. The summed E-state index contributed by atoms with van der Waals surface area (Å²) in [5.41, 5.74) is 0. The second kappa shape index (κ2) is 4.62. The molecule has 0 aliphatic carbocycles. The van der Waals surface area contributed by atoms with Crippen molar-refractivity contribution >= 4 is 0 Å². The van der Waals surface area contributed by atoms with Gasteiger partial charge in [-0.2, -0.15) is 0 Å². The molecule has 0 spiro atoms. The first-order chi connectivity index (χ1) is 5.00. The summed E-state index contributed by atoms with van der Waals surface area (Å²) in [6, 6.07) is 0. The molecule has 0 aromatic carbocycles. The number of hydrogen-bond acceptors (Lipinski definition) is 1. The average Bonchev–Trinajstić information content (AvgIpc) is 2.01. The van der Waals surface area contributed by atoms with Gasteiger partial charge in [-0.15, -0.1) is 0 Å². The van der Waals surface area contributed by atoms with Crippen LogP contribution in [0.25, 0.3) is 0 Å². The minimum absolute atomic E-state index is 0.648. The molecule has 1 aliphatic heterocycles. The molecule has 0 saturated heterocycles. The summed E-state index contributed by atoms with van der Waals surface area (Å²) in [6.07, 6.45) is 15.3. The van der Waals surface area contributed by atoms with Crippen molar-refractivity contribution in [2.24, 2.45) is 0 Å². The molecule has 1 aliphatic rings. The predicted octanol–water partition coefficient (Wildman–Crippen LogP) is 2.20. The third-order valence-corrected chi connectivity index (χ3v) is 1.06. The van der Waals surface area contributed by atoms with Gasteiger partial charge in [0.15, 0.2) is 0 Å². The van der Waals surface area contributed by atoms with Crippen LogP contribution in [0.1, 0.15) is 0 Å². The molecule has 0 aromatic rings. The number of hydrogen-bond donors (Lipinski definition) is 0. The Morgan fingerprint density at radius 1 is 0.800 bits per heavy atom. The molecule has 0 unspecified atom stereocenters. The molecule has 0 bridgehead atoms. The molecule has 1 heterocycles. The SMILES string of the molecule is C1=C\C=C/CO/C=C\C=C/1. The highest BCUT2D eigenvalue weighted by Crippen LogP contribution is 1.87. The van der Waals surface area contributed by atoms with Crippen molar-refractivity contribution in [3.63, 3.8) is 0 Å². The summed E-state index contributed by atoms with van der Waals surface area (Å²) < 4.78 is 5.06. The van der Waals surface area contributed by atoms with E-state index in [-0.39, 0.29) is 0 Å². The van der Waals surface area contributed by atoms with Crippen LogP contribution in [0.2, 0.25) is 0 Å². The third-order valence-electron chi connectivity index (χ3n) is 1.06. The zero-order chi connectivity index (χ0) is 7.07. The van der Waals surface area contributed by atoms with Crippen LogP contribution in [0.5, 0.6) is 0 Å². The van der Waals surface area contributed by atoms with Gasteiger partial charge in [0.2, 0.25) is 0 Å². The lowest BCUT2D eigenvalue weighted by Gasteiger charge is -1.91. The first-order valence-corrected chi connectivity index (χ1v) is 3.27.